The van der Waals surface area contributed by atoms with E-state index in [1.165, 1.54) is 5.56 Å². The van der Waals surface area contributed by atoms with Crippen molar-refractivity contribution in [1.29, 1.82) is 0 Å². The highest BCUT2D eigenvalue weighted by molar-refractivity contribution is 5.16. The fourth-order valence-electron chi connectivity index (χ4n) is 1.88. The lowest BCUT2D eigenvalue weighted by Gasteiger charge is -2.30. The summed E-state index contributed by atoms with van der Waals surface area (Å²) < 4.78 is 0. The van der Waals surface area contributed by atoms with E-state index < -0.39 is 0 Å². The molecule has 0 saturated carbocycles. The quantitative estimate of drug-likeness (QED) is 0.727. The van der Waals surface area contributed by atoms with Crippen LogP contribution >= 0.6 is 0 Å². The Morgan fingerprint density at radius 1 is 1.38 bits per heavy atom. The van der Waals surface area contributed by atoms with E-state index in [0.29, 0.717) is 0 Å². The smallest absolute Gasteiger partial charge is 0.107 e. The van der Waals surface area contributed by atoms with Gasteiger partial charge in [0.25, 0.3) is 0 Å². The van der Waals surface area contributed by atoms with Gasteiger partial charge in [-0.25, -0.2) is 0 Å². The summed E-state index contributed by atoms with van der Waals surface area (Å²) in [7, 11) is 0. The Bertz CT molecular complexity index is 353. The Kier molecular flexibility index (Phi) is 3.00. The molecule has 1 aromatic rings. The second kappa shape index (κ2) is 4.15. The predicted octanol–water partition coefficient (Wildman–Crippen LogP) is 2.87. The van der Waals surface area contributed by atoms with Crippen molar-refractivity contribution in [3.8, 4) is 0 Å². The molecule has 0 amide bonds. The SMILES string of the molecule is Cc1ccc(C2CCN(C(C)(C)C)O2)cn1. The summed E-state index contributed by atoms with van der Waals surface area (Å²) >= 11 is 0. The van der Waals surface area contributed by atoms with E-state index in [1.807, 2.05) is 19.2 Å². The average molecular weight is 220 g/mol. The van der Waals surface area contributed by atoms with Gasteiger partial charge in [-0.15, -0.1) is 0 Å². The first kappa shape index (κ1) is 11.6. The maximum Gasteiger partial charge on any atom is 0.107 e. The summed E-state index contributed by atoms with van der Waals surface area (Å²) in [5.41, 5.74) is 2.30. The van der Waals surface area contributed by atoms with Gasteiger partial charge in [-0.3, -0.25) is 9.82 Å². The third-order valence-corrected chi connectivity index (χ3v) is 2.90. The Labute approximate surface area is 97.4 Å². The molecule has 0 bridgehead atoms. The number of rotatable bonds is 1. The van der Waals surface area contributed by atoms with E-state index in [0.717, 1.165) is 18.7 Å². The molecule has 0 aromatic carbocycles. The fraction of sp³-hybridized carbons (Fsp3) is 0.615. The van der Waals surface area contributed by atoms with E-state index in [-0.39, 0.29) is 11.6 Å². The minimum Gasteiger partial charge on any atom is -0.290 e. The maximum atomic E-state index is 5.95. The molecule has 1 unspecified atom stereocenters. The summed E-state index contributed by atoms with van der Waals surface area (Å²) in [5.74, 6) is 0. The highest BCUT2D eigenvalue weighted by atomic mass is 16.7. The van der Waals surface area contributed by atoms with Crippen LogP contribution in [0.4, 0.5) is 0 Å². The van der Waals surface area contributed by atoms with Gasteiger partial charge in [-0.1, -0.05) is 6.07 Å². The van der Waals surface area contributed by atoms with Crippen LogP contribution in [0.15, 0.2) is 18.3 Å². The fourth-order valence-corrected chi connectivity index (χ4v) is 1.88. The van der Waals surface area contributed by atoms with Gasteiger partial charge in [0.2, 0.25) is 0 Å². The third kappa shape index (κ3) is 2.42. The maximum absolute atomic E-state index is 5.95. The molecule has 1 atom stereocenters. The zero-order chi connectivity index (χ0) is 11.8. The van der Waals surface area contributed by atoms with Crippen molar-refractivity contribution in [2.45, 2.75) is 45.8 Å². The van der Waals surface area contributed by atoms with Crippen LogP contribution in [0, 0.1) is 6.92 Å². The first-order chi connectivity index (χ1) is 7.47. The Morgan fingerprint density at radius 2 is 2.12 bits per heavy atom. The molecular formula is C13H20N2O. The number of hydroxylamine groups is 2. The van der Waals surface area contributed by atoms with E-state index in [2.05, 4.69) is 36.9 Å². The molecule has 1 fully saturated rings. The number of hydrogen-bond acceptors (Lipinski definition) is 3. The molecule has 2 heterocycles. The zero-order valence-corrected chi connectivity index (χ0v) is 10.5. The molecule has 0 N–H and O–H groups in total. The molecule has 1 aliphatic heterocycles. The monoisotopic (exact) mass is 220 g/mol. The first-order valence-corrected chi connectivity index (χ1v) is 5.84. The summed E-state index contributed by atoms with van der Waals surface area (Å²) in [4.78, 5) is 10.3. The van der Waals surface area contributed by atoms with E-state index in [1.54, 1.807) is 0 Å². The predicted molar refractivity (Wildman–Crippen MR) is 63.9 cm³/mol. The minimum absolute atomic E-state index is 0.0763. The number of pyridine rings is 1. The lowest BCUT2D eigenvalue weighted by molar-refractivity contribution is -0.196. The van der Waals surface area contributed by atoms with Gasteiger partial charge >= 0.3 is 0 Å². The average Bonchev–Trinajstić information content (AvgIpc) is 2.67. The molecule has 1 aliphatic rings. The summed E-state index contributed by atoms with van der Waals surface area (Å²) in [6, 6.07) is 4.15. The van der Waals surface area contributed by atoms with Crippen LogP contribution in [-0.2, 0) is 4.84 Å². The van der Waals surface area contributed by atoms with Gasteiger partial charge in [0, 0.05) is 29.5 Å². The minimum atomic E-state index is 0.0763. The zero-order valence-electron chi connectivity index (χ0n) is 10.5. The van der Waals surface area contributed by atoms with Crippen molar-refractivity contribution in [3.05, 3.63) is 29.6 Å². The highest BCUT2D eigenvalue weighted by Gasteiger charge is 2.32. The van der Waals surface area contributed by atoms with Gasteiger partial charge in [-0.05, 0) is 40.2 Å². The van der Waals surface area contributed by atoms with Gasteiger partial charge in [-0.2, -0.15) is 5.06 Å². The van der Waals surface area contributed by atoms with Gasteiger partial charge in [0.15, 0.2) is 0 Å². The highest BCUT2D eigenvalue weighted by Crippen LogP contribution is 2.32. The number of aryl methyl sites for hydroxylation is 1. The molecule has 3 heteroatoms. The molecule has 2 rings (SSSR count). The normalized spacial score (nSPS) is 22.6. The Balaban J connectivity index is 2.06. The topological polar surface area (TPSA) is 25.4 Å². The van der Waals surface area contributed by atoms with E-state index in [4.69, 9.17) is 4.84 Å². The van der Waals surface area contributed by atoms with Crippen LogP contribution < -0.4 is 0 Å². The third-order valence-electron chi connectivity index (χ3n) is 2.90. The van der Waals surface area contributed by atoms with Crippen molar-refractivity contribution in [3.63, 3.8) is 0 Å². The molecule has 0 aliphatic carbocycles. The summed E-state index contributed by atoms with van der Waals surface area (Å²) in [6.45, 7) is 9.50. The molecule has 3 nitrogen and oxygen atoms in total. The van der Waals surface area contributed by atoms with E-state index in [9.17, 15) is 0 Å². The van der Waals surface area contributed by atoms with Gasteiger partial charge in [0.05, 0.1) is 0 Å². The summed E-state index contributed by atoms with van der Waals surface area (Å²) in [5, 5.41) is 2.07. The number of aromatic nitrogens is 1. The number of nitrogens with zero attached hydrogens (tertiary/aromatic N) is 2. The van der Waals surface area contributed by atoms with Crippen molar-refractivity contribution < 1.29 is 4.84 Å². The van der Waals surface area contributed by atoms with Gasteiger partial charge in [0.1, 0.15) is 6.10 Å². The van der Waals surface area contributed by atoms with Crippen molar-refractivity contribution in [2.24, 2.45) is 0 Å². The second-order valence-electron chi connectivity index (χ2n) is 5.39. The van der Waals surface area contributed by atoms with E-state index >= 15 is 0 Å². The molecule has 0 spiro atoms. The Hall–Kier alpha value is -0.930. The van der Waals surface area contributed by atoms with Crippen molar-refractivity contribution in [2.75, 3.05) is 6.54 Å². The number of hydrogen-bond donors (Lipinski definition) is 0. The lowest BCUT2D eigenvalue weighted by atomic mass is 10.1. The first-order valence-electron chi connectivity index (χ1n) is 5.84. The Morgan fingerprint density at radius 3 is 2.62 bits per heavy atom. The lowest BCUT2D eigenvalue weighted by Crippen LogP contribution is -2.38. The molecule has 88 valence electrons. The largest absolute Gasteiger partial charge is 0.290 e. The van der Waals surface area contributed by atoms with Crippen LogP contribution in [0.25, 0.3) is 0 Å². The molecule has 1 aromatic heterocycles. The van der Waals surface area contributed by atoms with Crippen LogP contribution in [0.1, 0.15) is 44.6 Å². The molecule has 1 saturated heterocycles. The van der Waals surface area contributed by atoms with Crippen molar-refractivity contribution in [1.82, 2.24) is 10.0 Å². The van der Waals surface area contributed by atoms with Crippen LogP contribution in [0.5, 0.6) is 0 Å². The van der Waals surface area contributed by atoms with Gasteiger partial charge < -0.3 is 0 Å². The second-order valence-corrected chi connectivity index (χ2v) is 5.39. The molecule has 16 heavy (non-hydrogen) atoms. The van der Waals surface area contributed by atoms with Crippen molar-refractivity contribution >= 4 is 0 Å². The molecular weight excluding hydrogens is 200 g/mol. The van der Waals surface area contributed by atoms with Crippen LogP contribution in [0.2, 0.25) is 0 Å². The standard InChI is InChI=1S/C13H20N2O/c1-10-5-6-11(9-14-10)12-7-8-15(16-12)13(2,3)4/h5-6,9,12H,7-8H2,1-4H3. The summed E-state index contributed by atoms with van der Waals surface area (Å²) in [6.07, 6.45) is 3.14. The van der Waals surface area contributed by atoms with Crippen LogP contribution in [0.3, 0.4) is 0 Å². The molecule has 0 radical (unpaired) electrons. The van der Waals surface area contributed by atoms with Crippen LogP contribution in [-0.4, -0.2) is 22.1 Å².